The zero-order chi connectivity index (χ0) is 37.3. The molecule has 1 unspecified atom stereocenters. The lowest BCUT2D eigenvalue weighted by Crippen LogP contribution is -2.39. The van der Waals surface area contributed by atoms with Crippen LogP contribution in [0.25, 0.3) is 22.3 Å². The van der Waals surface area contributed by atoms with E-state index in [0.717, 1.165) is 28.8 Å². The number of carboxylic acid groups (broad SMARTS) is 1. The summed E-state index contributed by atoms with van der Waals surface area (Å²) in [5.74, 6) is -0.382. The van der Waals surface area contributed by atoms with Gasteiger partial charge in [-0.15, -0.1) is 0 Å². The minimum Gasteiger partial charge on any atom is -0.488 e. The Balaban J connectivity index is 1.22. The number of carboxylic acids is 1. The molecule has 53 heavy (non-hydrogen) atoms. The molecule has 0 amide bonds. The monoisotopic (exact) mass is 730 g/mol. The van der Waals surface area contributed by atoms with Crippen LogP contribution in [0.1, 0.15) is 51.8 Å². The number of hydrogen-bond acceptors (Lipinski definition) is 8. The zero-order valence-electron chi connectivity index (χ0n) is 29.9. The van der Waals surface area contributed by atoms with E-state index < -0.39 is 18.6 Å². The maximum Gasteiger partial charge on any atom is 0.323 e. The molecule has 1 aromatic heterocycles. The van der Waals surface area contributed by atoms with Crippen LogP contribution in [-0.2, 0) is 31.1 Å². The van der Waals surface area contributed by atoms with E-state index in [-0.39, 0.29) is 19.8 Å². The van der Waals surface area contributed by atoms with Crippen LogP contribution in [0.5, 0.6) is 11.5 Å². The largest absolute Gasteiger partial charge is 0.488 e. The van der Waals surface area contributed by atoms with Gasteiger partial charge in [0.2, 0.25) is 0 Å². The van der Waals surface area contributed by atoms with Gasteiger partial charge in [0.15, 0.2) is 0 Å². The molecule has 1 saturated heterocycles. The highest BCUT2D eigenvalue weighted by atomic mass is 35.5. The standard InChI is InChI=1S/C43H43ClN4O5/c1-28-34(7-5-9-37(28)38-10-6-8-36(29(38)2)33-13-11-30(12-14-33)24-48-15-3-4-16-48)27-53-42-19-41(52-26-32-17-31(20-45)21-46-22-32)35(18-39(42)44)23-47-40(25-49)43(50)51/h5-14,17-19,21-22,40,47,49H,3-4,15-16,23-27H2,1-2H3,(H,50,51). The van der Waals surface area contributed by atoms with E-state index in [0.29, 0.717) is 33.2 Å². The molecule has 3 N–H and O–H groups in total. The number of aromatic nitrogens is 1. The fourth-order valence-corrected chi connectivity index (χ4v) is 6.97. The zero-order valence-corrected chi connectivity index (χ0v) is 30.7. The lowest BCUT2D eigenvalue weighted by molar-refractivity contribution is -0.140. The second-order valence-electron chi connectivity index (χ2n) is 13.4. The number of nitrogens with zero attached hydrogens (tertiary/aromatic N) is 3. The number of halogens is 1. The summed E-state index contributed by atoms with van der Waals surface area (Å²) < 4.78 is 12.5. The average Bonchev–Trinajstić information content (AvgIpc) is 3.68. The highest BCUT2D eigenvalue weighted by molar-refractivity contribution is 6.32. The number of nitrogens with one attached hydrogen (secondary N) is 1. The molecule has 5 aromatic rings. The Labute approximate surface area is 315 Å². The van der Waals surface area contributed by atoms with Crippen molar-refractivity contribution in [2.24, 2.45) is 0 Å². The molecule has 0 saturated carbocycles. The number of rotatable bonds is 15. The lowest BCUT2D eigenvalue weighted by Gasteiger charge is -2.19. The van der Waals surface area contributed by atoms with Gasteiger partial charge in [-0.05, 0) is 96.4 Å². The van der Waals surface area contributed by atoms with Crippen molar-refractivity contribution in [2.75, 3.05) is 19.7 Å². The van der Waals surface area contributed by atoms with Gasteiger partial charge >= 0.3 is 5.97 Å². The summed E-state index contributed by atoms with van der Waals surface area (Å²) in [6.45, 7) is 7.46. The van der Waals surface area contributed by atoms with Crippen LogP contribution in [-0.4, -0.2) is 51.8 Å². The van der Waals surface area contributed by atoms with Crippen LogP contribution in [0.15, 0.2) is 91.3 Å². The SMILES string of the molecule is Cc1c(COc2cc(OCc3cncc(C#N)c3)c(CNC(CO)C(=O)O)cc2Cl)cccc1-c1cccc(-c2ccc(CN3CCCC3)cc2)c1C. The molecule has 0 aliphatic carbocycles. The van der Waals surface area contributed by atoms with Crippen LogP contribution in [0.2, 0.25) is 5.02 Å². The Bertz CT molecular complexity index is 2110. The molecule has 1 fully saturated rings. The number of benzene rings is 4. The lowest BCUT2D eigenvalue weighted by atomic mass is 9.89. The first kappa shape index (κ1) is 37.5. The van der Waals surface area contributed by atoms with Gasteiger partial charge in [0.05, 0.1) is 17.2 Å². The van der Waals surface area contributed by atoms with Crippen molar-refractivity contribution in [1.29, 1.82) is 5.26 Å². The maximum absolute atomic E-state index is 11.5. The van der Waals surface area contributed by atoms with Crippen LogP contribution in [0.4, 0.5) is 0 Å². The number of pyridine rings is 1. The summed E-state index contributed by atoms with van der Waals surface area (Å²) in [6, 6.07) is 27.6. The maximum atomic E-state index is 11.5. The number of aliphatic carboxylic acids is 1. The van der Waals surface area contributed by atoms with Crippen LogP contribution < -0.4 is 14.8 Å². The number of nitriles is 1. The minimum atomic E-state index is -1.18. The average molecular weight is 731 g/mol. The summed E-state index contributed by atoms with van der Waals surface area (Å²) in [7, 11) is 0. The van der Waals surface area contributed by atoms with Gasteiger partial charge in [-0.1, -0.05) is 72.3 Å². The predicted octanol–water partition coefficient (Wildman–Crippen LogP) is 7.85. The second kappa shape index (κ2) is 17.5. The Kier molecular flexibility index (Phi) is 12.4. The first-order valence-electron chi connectivity index (χ1n) is 17.7. The molecule has 1 aliphatic heterocycles. The van der Waals surface area contributed by atoms with E-state index in [4.69, 9.17) is 21.1 Å². The molecule has 0 bridgehead atoms. The number of aliphatic hydroxyl groups is 1. The number of likely N-dealkylation sites (tertiary alicyclic amines) is 1. The van der Waals surface area contributed by atoms with Crippen molar-refractivity contribution in [3.63, 3.8) is 0 Å². The molecular formula is C43H43ClN4O5. The number of ether oxygens (including phenoxy) is 2. The fraction of sp³-hybridized carbons (Fsp3) is 0.279. The van der Waals surface area contributed by atoms with E-state index in [9.17, 15) is 20.3 Å². The van der Waals surface area contributed by atoms with Crippen molar-refractivity contribution in [2.45, 2.75) is 59.0 Å². The van der Waals surface area contributed by atoms with E-state index in [2.05, 4.69) is 83.6 Å². The van der Waals surface area contributed by atoms with Crippen molar-refractivity contribution in [3.8, 4) is 39.8 Å². The minimum absolute atomic E-state index is 0.0612. The van der Waals surface area contributed by atoms with Crippen molar-refractivity contribution < 1.29 is 24.5 Å². The Morgan fingerprint density at radius 1 is 0.887 bits per heavy atom. The quantitative estimate of drug-likeness (QED) is 0.0987. The number of hydrogen-bond donors (Lipinski definition) is 3. The smallest absolute Gasteiger partial charge is 0.323 e. The van der Waals surface area contributed by atoms with Crippen molar-refractivity contribution >= 4 is 17.6 Å². The van der Waals surface area contributed by atoms with Gasteiger partial charge in [0.1, 0.15) is 36.8 Å². The van der Waals surface area contributed by atoms with Crippen LogP contribution in [0.3, 0.4) is 0 Å². The second-order valence-corrected chi connectivity index (χ2v) is 13.8. The molecule has 9 nitrogen and oxygen atoms in total. The summed E-state index contributed by atoms with van der Waals surface area (Å²) in [6.07, 6.45) is 5.65. The molecule has 2 heterocycles. The highest BCUT2D eigenvalue weighted by Gasteiger charge is 2.19. The molecule has 0 spiro atoms. The van der Waals surface area contributed by atoms with Crippen LogP contribution in [0, 0.1) is 25.2 Å². The van der Waals surface area contributed by atoms with E-state index in [1.165, 1.54) is 54.4 Å². The molecular weight excluding hydrogens is 688 g/mol. The fourth-order valence-electron chi connectivity index (χ4n) is 6.73. The van der Waals surface area contributed by atoms with Crippen LogP contribution >= 0.6 is 11.6 Å². The molecule has 1 aliphatic rings. The van der Waals surface area contributed by atoms with Gasteiger partial charge in [0, 0.05) is 42.7 Å². The van der Waals surface area contributed by atoms with Gasteiger partial charge in [-0.3, -0.25) is 20.0 Å². The highest BCUT2D eigenvalue weighted by Crippen LogP contribution is 2.37. The summed E-state index contributed by atoms with van der Waals surface area (Å²) in [4.78, 5) is 18.1. The van der Waals surface area contributed by atoms with Gasteiger partial charge in [-0.2, -0.15) is 5.26 Å². The Morgan fingerprint density at radius 3 is 2.30 bits per heavy atom. The van der Waals surface area contributed by atoms with Gasteiger partial charge in [0.25, 0.3) is 0 Å². The van der Waals surface area contributed by atoms with E-state index >= 15 is 0 Å². The third-order valence-corrected chi connectivity index (χ3v) is 10.1. The molecule has 0 radical (unpaired) electrons. The summed E-state index contributed by atoms with van der Waals surface area (Å²) >= 11 is 6.73. The molecule has 6 rings (SSSR count). The summed E-state index contributed by atoms with van der Waals surface area (Å²) in [5, 5.41) is 31.3. The topological polar surface area (TPSA) is 128 Å². The third kappa shape index (κ3) is 9.23. The van der Waals surface area contributed by atoms with E-state index in [1.54, 1.807) is 24.4 Å². The first-order chi connectivity index (χ1) is 25.7. The first-order valence-corrected chi connectivity index (χ1v) is 18.1. The Morgan fingerprint density at radius 2 is 1.58 bits per heavy atom. The number of aliphatic hydroxyl groups excluding tert-OH is 1. The molecule has 4 aromatic carbocycles. The molecule has 272 valence electrons. The van der Waals surface area contributed by atoms with Crippen molar-refractivity contribution in [1.82, 2.24) is 15.2 Å². The molecule has 1 atom stereocenters. The Hall–Kier alpha value is -5.24. The molecule has 10 heteroatoms. The van der Waals surface area contributed by atoms with E-state index in [1.807, 2.05) is 12.1 Å². The van der Waals surface area contributed by atoms with Gasteiger partial charge in [-0.25, -0.2) is 0 Å². The third-order valence-electron chi connectivity index (χ3n) is 9.78. The van der Waals surface area contributed by atoms with Gasteiger partial charge < -0.3 is 19.7 Å². The predicted molar refractivity (Wildman–Crippen MR) is 206 cm³/mol. The summed E-state index contributed by atoms with van der Waals surface area (Å²) in [5.41, 5.74) is 11.0. The number of carbonyl (C=O) groups is 1. The normalized spacial score (nSPS) is 13.4. The van der Waals surface area contributed by atoms with Crippen molar-refractivity contribution in [3.05, 3.63) is 135 Å².